The molecular weight excluding hydrogens is 254 g/mol. The summed E-state index contributed by atoms with van der Waals surface area (Å²) in [5.41, 5.74) is 6.89. The first-order valence-electron chi connectivity index (χ1n) is 6.50. The van der Waals surface area contributed by atoms with Crippen molar-refractivity contribution in [3.8, 4) is 11.5 Å². The summed E-state index contributed by atoms with van der Waals surface area (Å²) < 4.78 is 11.0. The summed E-state index contributed by atoms with van der Waals surface area (Å²) in [5.74, 6) is 2.23. The van der Waals surface area contributed by atoms with Gasteiger partial charge in [-0.15, -0.1) is 0 Å². The summed E-state index contributed by atoms with van der Waals surface area (Å²) in [6, 6.07) is 7.53. The minimum atomic E-state index is 0.0532. The van der Waals surface area contributed by atoms with E-state index in [0.29, 0.717) is 12.4 Å². The number of aromatic nitrogens is 2. The molecule has 0 fully saturated rings. The summed E-state index contributed by atoms with van der Waals surface area (Å²) in [4.78, 5) is 8.27. The Bertz CT molecular complexity index is 544. The van der Waals surface area contributed by atoms with Crippen LogP contribution in [0, 0.1) is 0 Å². The van der Waals surface area contributed by atoms with Crippen LogP contribution in [0.1, 0.15) is 18.3 Å². The number of rotatable bonds is 6. The monoisotopic (exact) mass is 273 g/mol. The Balaban J connectivity index is 2.13. The Morgan fingerprint density at radius 3 is 2.65 bits per heavy atom. The molecule has 0 saturated carbocycles. The van der Waals surface area contributed by atoms with E-state index in [1.54, 1.807) is 25.6 Å². The van der Waals surface area contributed by atoms with Crippen LogP contribution in [0.4, 0.5) is 0 Å². The second kappa shape index (κ2) is 6.86. The van der Waals surface area contributed by atoms with Crippen molar-refractivity contribution in [1.29, 1.82) is 0 Å². The van der Waals surface area contributed by atoms with Gasteiger partial charge in [-0.2, -0.15) is 0 Å². The fourth-order valence-corrected chi connectivity index (χ4v) is 1.88. The third kappa shape index (κ3) is 3.93. The molecule has 20 heavy (non-hydrogen) atoms. The van der Waals surface area contributed by atoms with Gasteiger partial charge in [0.1, 0.15) is 18.1 Å². The molecule has 0 spiro atoms. The van der Waals surface area contributed by atoms with Gasteiger partial charge in [0, 0.05) is 18.4 Å². The molecule has 0 aliphatic rings. The first-order valence-corrected chi connectivity index (χ1v) is 6.50. The van der Waals surface area contributed by atoms with Gasteiger partial charge < -0.3 is 15.2 Å². The zero-order valence-corrected chi connectivity index (χ0v) is 11.7. The summed E-state index contributed by atoms with van der Waals surface area (Å²) in [6.45, 7) is 2.29. The molecule has 0 saturated heterocycles. The molecule has 1 atom stereocenters. The molecule has 1 heterocycles. The van der Waals surface area contributed by atoms with Gasteiger partial charge in [-0.05, 0) is 43.2 Å². The van der Waals surface area contributed by atoms with Gasteiger partial charge in [0.2, 0.25) is 0 Å². The first kappa shape index (κ1) is 14.3. The zero-order valence-electron chi connectivity index (χ0n) is 11.7. The lowest BCUT2D eigenvalue weighted by Crippen LogP contribution is -2.18. The summed E-state index contributed by atoms with van der Waals surface area (Å²) in [7, 11) is 1.64. The van der Waals surface area contributed by atoms with Crippen LogP contribution in [0.15, 0.2) is 36.7 Å². The SMILES string of the molecule is COc1ccc(OCc2ncccn2)c(CC(C)N)c1. The van der Waals surface area contributed by atoms with Gasteiger partial charge in [0.15, 0.2) is 5.82 Å². The largest absolute Gasteiger partial charge is 0.497 e. The highest BCUT2D eigenvalue weighted by atomic mass is 16.5. The van der Waals surface area contributed by atoms with Crippen LogP contribution < -0.4 is 15.2 Å². The lowest BCUT2D eigenvalue weighted by molar-refractivity contribution is 0.291. The van der Waals surface area contributed by atoms with Crippen LogP contribution >= 0.6 is 0 Å². The van der Waals surface area contributed by atoms with E-state index in [1.807, 2.05) is 25.1 Å². The minimum Gasteiger partial charge on any atom is -0.497 e. The molecule has 2 rings (SSSR count). The third-order valence-electron chi connectivity index (χ3n) is 2.79. The molecule has 0 aliphatic carbocycles. The van der Waals surface area contributed by atoms with Crippen LogP contribution in [-0.2, 0) is 13.0 Å². The number of hydrogen-bond acceptors (Lipinski definition) is 5. The zero-order chi connectivity index (χ0) is 14.4. The maximum atomic E-state index is 5.87. The number of nitrogens with two attached hydrogens (primary N) is 1. The summed E-state index contributed by atoms with van der Waals surface area (Å²) in [6.07, 6.45) is 4.12. The van der Waals surface area contributed by atoms with Gasteiger partial charge in [0.25, 0.3) is 0 Å². The van der Waals surface area contributed by atoms with Crippen molar-refractivity contribution < 1.29 is 9.47 Å². The average Bonchev–Trinajstić information content (AvgIpc) is 2.46. The van der Waals surface area contributed by atoms with Crippen LogP contribution in [0.3, 0.4) is 0 Å². The fourth-order valence-electron chi connectivity index (χ4n) is 1.88. The van der Waals surface area contributed by atoms with Crippen molar-refractivity contribution in [2.45, 2.75) is 26.0 Å². The maximum absolute atomic E-state index is 5.87. The van der Waals surface area contributed by atoms with E-state index >= 15 is 0 Å². The summed E-state index contributed by atoms with van der Waals surface area (Å²) in [5, 5.41) is 0. The lowest BCUT2D eigenvalue weighted by atomic mass is 10.1. The Kier molecular flexibility index (Phi) is 4.90. The standard InChI is InChI=1S/C15H19N3O2/c1-11(16)8-12-9-13(19-2)4-5-14(12)20-10-15-17-6-3-7-18-15/h3-7,9,11H,8,10,16H2,1-2H3. The quantitative estimate of drug-likeness (QED) is 0.871. The van der Waals surface area contributed by atoms with Crippen molar-refractivity contribution >= 4 is 0 Å². The van der Waals surface area contributed by atoms with Crippen LogP contribution in [0.2, 0.25) is 0 Å². The van der Waals surface area contributed by atoms with Gasteiger partial charge in [-0.3, -0.25) is 0 Å². The van der Waals surface area contributed by atoms with Crippen LogP contribution in [0.25, 0.3) is 0 Å². The second-order valence-corrected chi connectivity index (χ2v) is 4.61. The normalized spacial score (nSPS) is 11.9. The molecule has 5 nitrogen and oxygen atoms in total. The van der Waals surface area contributed by atoms with E-state index in [2.05, 4.69) is 9.97 Å². The lowest BCUT2D eigenvalue weighted by Gasteiger charge is -2.14. The molecular formula is C15H19N3O2. The van der Waals surface area contributed by atoms with Crippen molar-refractivity contribution in [1.82, 2.24) is 9.97 Å². The molecule has 2 aromatic rings. The summed E-state index contributed by atoms with van der Waals surface area (Å²) >= 11 is 0. The molecule has 1 aromatic carbocycles. The van der Waals surface area contributed by atoms with Crippen molar-refractivity contribution in [3.05, 3.63) is 48.0 Å². The second-order valence-electron chi connectivity index (χ2n) is 4.61. The van der Waals surface area contributed by atoms with Gasteiger partial charge in [0.05, 0.1) is 7.11 Å². The highest BCUT2D eigenvalue weighted by Crippen LogP contribution is 2.25. The number of methoxy groups -OCH3 is 1. The molecule has 1 aromatic heterocycles. The highest BCUT2D eigenvalue weighted by Gasteiger charge is 2.09. The van der Waals surface area contributed by atoms with Crippen LogP contribution in [-0.4, -0.2) is 23.1 Å². The van der Waals surface area contributed by atoms with E-state index in [9.17, 15) is 0 Å². The van der Waals surface area contributed by atoms with E-state index in [1.165, 1.54) is 0 Å². The smallest absolute Gasteiger partial charge is 0.166 e. The predicted molar refractivity (Wildman–Crippen MR) is 76.7 cm³/mol. The van der Waals surface area contributed by atoms with Crippen molar-refractivity contribution in [2.75, 3.05) is 7.11 Å². The molecule has 1 unspecified atom stereocenters. The minimum absolute atomic E-state index is 0.0532. The Morgan fingerprint density at radius 2 is 2.00 bits per heavy atom. The van der Waals surface area contributed by atoms with Crippen molar-refractivity contribution in [2.24, 2.45) is 5.73 Å². The molecule has 0 amide bonds. The van der Waals surface area contributed by atoms with Gasteiger partial charge >= 0.3 is 0 Å². The number of ether oxygens (including phenoxy) is 2. The van der Waals surface area contributed by atoms with Crippen molar-refractivity contribution in [3.63, 3.8) is 0 Å². The molecule has 0 bridgehead atoms. The average molecular weight is 273 g/mol. The van der Waals surface area contributed by atoms with E-state index < -0.39 is 0 Å². The molecule has 2 N–H and O–H groups in total. The first-order chi connectivity index (χ1) is 9.69. The fraction of sp³-hybridized carbons (Fsp3) is 0.333. The molecule has 106 valence electrons. The Hall–Kier alpha value is -2.14. The number of nitrogens with zero attached hydrogens (tertiary/aromatic N) is 2. The maximum Gasteiger partial charge on any atom is 0.166 e. The topological polar surface area (TPSA) is 70.3 Å². The van der Waals surface area contributed by atoms with E-state index in [0.717, 1.165) is 23.5 Å². The Labute approximate surface area is 118 Å². The molecule has 5 heteroatoms. The third-order valence-corrected chi connectivity index (χ3v) is 2.79. The Morgan fingerprint density at radius 1 is 1.25 bits per heavy atom. The van der Waals surface area contributed by atoms with E-state index in [4.69, 9.17) is 15.2 Å². The van der Waals surface area contributed by atoms with Gasteiger partial charge in [-0.1, -0.05) is 0 Å². The number of benzene rings is 1. The molecule has 0 radical (unpaired) electrons. The highest BCUT2D eigenvalue weighted by molar-refractivity contribution is 5.40. The van der Waals surface area contributed by atoms with Crippen LogP contribution in [0.5, 0.6) is 11.5 Å². The number of hydrogen-bond donors (Lipinski definition) is 1. The predicted octanol–water partition coefficient (Wildman–Crippen LogP) is 1.95. The van der Waals surface area contributed by atoms with E-state index in [-0.39, 0.29) is 6.04 Å². The van der Waals surface area contributed by atoms with Gasteiger partial charge in [-0.25, -0.2) is 9.97 Å². The molecule has 0 aliphatic heterocycles.